The summed E-state index contributed by atoms with van der Waals surface area (Å²) in [5.74, 6) is -0.880. The van der Waals surface area contributed by atoms with E-state index >= 15 is 0 Å². The number of carboxylic acid groups (broad SMARTS) is 1. The fourth-order valence-electron chi connectivity index (χ4n) is 1.29. The van der Waals surface area contributed by atoms with E-state index in [0.29, 0.717) is 19.5 Å². The van der Waals surface area contributed by atoms with Crippen molar-refractivity contribution < 1.29 is 9.90 Å². The second-order valence-corrected chi connectivity index (χ2v) is 3.37. The Morgan fingerprint density at radius 1 is 1.80 bits per heavy atom. The Hall–Kier alpha value is -1.40. The molecule has 4 N–H and O–H groups in total. The van der Waals surface area contributed by atoms with E-state index in [-0.39, 0.29) is 0 Å². The number of carbonyl (C=O) groups is 1. The lowest BCUT2D eigenvalue weighted by Crippen LogP contribution is -2.41. The zero-order valence-corrected chi connectivity index (χ0v) is 8.68. The molecule has 1 aromatic heterocycles. The normalized spacial score (nSPS) is 12.7. The van der Waals surface area contributed by atoms with Crippen molar-refractivity contribution in [2.75, 3.05) is 13.1 Å². The lowest BCUT2D eigenvalue weighted by atomic mass is 10.1. The molecule has 0 bridgehead atoms. The minimum Gasteiger partial charge on any atom is -0.480 e. The van der Waals surface area contributed by atoms with Crippen molar-refractivity contribution in [3.63, 3.8) is 0 Å². The molecule has 0 aliphatic heterocycles. The lowest BCUT2D eigenvalue weighted by molar-refractivity contribution is -0.139. The van der Waals surface area contributed by atoms with Crippen LogP contribution in [-0.4, -0.2) is 39.8 Å². The number of nitrogens with one attached hydrogen (secondary N) is 1. The fraction of sp³-hybridized carbons (Fsp3) is 0.556. The van der Waals surface area contributed by atoms with Gasteiger partial charge in [-0.15, -0.1) is 0 Å². The van der Waals surface area contributed by atoms with Crippen LogP contribution in [0.25, 0.3) is 0 Å². The summed E-state index contributed by atoms with van der Waals surface area (Å²) in [7, 11) is 1.85. The van der Waals surface area contributed by atoms with Crippen molar-refractivity contribution in [2.45, 2.75) is 12.5 Å². The Morgan fingerprint density at radius 3 is 3.00 bits per heavy atom. The molecule has 1 aromatic rings. The highest BCUT2D eigenvalue weighted by molar-refractivity contribution is 5.73. The highest BCUT2D eigenvalue weighted by atomic mass is 16.4. The molecule has 0 amide bonds. The first kappa shape index (κ1) is 11.7. The number of aliphatic carboxylic acids is 1. The lowest BCUT2D eigenvalue weighted by Gasteiger charge is -2.11. The first-order valence-electron chi connectivity index (χ1n) is 4.76. The molecule has 6 nitrogen and oxygen atoms in total. The van der Waals surface area contributed by atoms with E-state index in [0.717, 1.165) is 5.69 Å². The molecule has 6 heteroatoms. The third kappa shape index (κ3) is 3.69. The number of aryl methyl sites for hydroxylation is 1. The largest absolute Gasteiger partial charge is 0.480 e. The van der Waals surface area contributed by atoms with Crippen LogP contribution in [0.15, 0.2) is 12.5 Å². The summed E-state index contributed by atoms with van der Waals surface area (Å²) in [5.41, 5.74) is 6.06. The molecule has 1 atom stereocenters. The summed E-state index contributed by atoms with van der Waals surface area (Å²) in [6.07, 6.45) is 3.83. The Labute approximate surface area is 88.1 Å². The molecule has 0 saturated heterocycles. The van der Waals surface area contributed by atoms with Crippen LogP contribution < -0.4 is 11.1 Å². The summed E-state index contributed by atoms with van der Waals surface area (Å²) >= 11 is 0. The summed E-state index contributed by atoms with van der Waals surface area (Å²) in [6, 6.07) is -0.622. The molecule has 0 saturated carbocycles. The van der Waals surface area contributed by atoms with E-state index in [1.807, 2.05) is 7.05 Å². The van der Waals surface area contributed by atoms with Gasteiger partial charge in [0.05, 0.1) is 12.0 Å². The Bertz CT molecular complexity index is 324. The van der Waals surface area contributed by atoms with E-state index in [9.17, 15) is 4.79 Å². The van der Waals surface area contributed by atoms with Crippen LogP contribution in [0.3, 0.4) is 0 Å². The molecule has 1 rings (SSSR count). The van der Waals surface area contributed by atoms with Gasteiger partial charge in [0.1, 0.15) is 6.04 Å². The minimum atomic E-state index is -0.880. The quantitative estimate of drug-likeness (QED) is 0.560. The van der Waals surface area contributed by atoms with Gasteiger partial charge < -0.3 is 20.7 Å². The maximum atomic E-state index is 10.9. The number of rotatable bonds is 6. The number of nitrogens with zero attached hydrogens (tertiary/aromatic N) is 2. The number of hydrogen-bond acceptors (Lipinski definition) is 4. The maximum absolute atomic E-state index is 10.9. The van der Waals surface area contributed by atoms with Gasteiger partial charge in [-0.3, -0.25) is 4.79 Å². The van der Waals surface area contributed by atoms with Gasteiger partial charge in [0, 0.05) is 32.8 Å². The van der Waals surface area contributed by atoms with E-state index in [4.69, 9.17) is 10.8 Å². The monoisotopic (exact) mass is 212 g/mol. The average Bonchev–Trinajstić information content (AvgIpc) is 2.58. The molecule has 15 heavy (non-hydrogen) atoms. The van der Waals surface area contributed by atoms with Gasteiger partial charge in [-0.1, -0.05) is 0 Å². The Kier molecular flexibility index (Phi) is 4.26. The van der Waals surface area contributed by atoms with E-state index < -0.39 is 12.0 Å². The van der Waals surface area contributed by atoms with Crippen LogP contribution >= 0.6 is 0 Å². The molecule has 0 aliphatic carbocycles. The van der Waals surface area contributed by atoms with Gasteiger partial charge in [-0.25, -0.2) is 4.98 Å². The van der Waals surface area contributed by atoms with Crippen LogP contribution in [0.4, 0.5) is 0 Å². The third-order valence-corrected chi connectivity index (χ3v) is 2.00. The van der Waals surface area contributed by atoms with E-state index in [1.54, 1.807) is 17.1 Å². The average molecular weight is 212 g/mol. The second kappa shape index (κ2) is 5.47. The Balaban J connectivity index is 2.54. The molecular formula is C9H16N4O2. The summed E-state index contributed by atoms with van der Waals surface area (Å²) < 4.78 is 1.79. The molecule has 0 aliphatic rings. The van der Waals surface area contributed by atoms with Crippen LogP contribution in [-0.2, 0) is 18.3 Å². The van der Waals surface area contributed by atoms with Gasteiger partial charge in [0.2, 0.25) is 0 Å². The number of nitrogens with two attached hydrogens (primary N) is 1. The van der Waals surface area contributed by atoms with Crippen molar-refractivity contribution >= 4 is 5.97 Å². The van der Waals surface area contributed by atoms with Crippen LogP contribution in [0.2, 0.25) is 0 Å². The van der Waals surface area contributed by atoms with Gasteiger partial charge >= 0.3 is 5.97 Å². The molecule has 0 aromatic carbocycles. The van der Waals surface area contributed by atoms with Gasteiger partial charge in [-0.2, -0.15) is 0 Å². The standard InChI is InChI=1S/C9H16N4O2/c1-13-5-7(12-6-13)4-8(9(14)15)11-3-2-10/h5-6,8,11H,2-4,10H2,1H3,(H,14,15). The van der Waals surface area contributed by atoms with Crippen LogP contribution in [0.5, 0.6) is 0 Å². The van der Waals surface area contributed by atoms with Gasteiger partial charge in [0.25, 0.3) is 0 Å². The summed E-state index contributed by atoms with van der Waals surface area (Å²) in [6.45, 7) is 0.912. The van der Waals surface area contributed by atoms with Gasteiger partial charge in [-0.05, 0) is 0 Å². The second-order valence-electron chi connectivity index (χ2n) is 3.37. The van der Waals surface area contributed by atoms with Crippen molar-refractivity contribution in [2.24, 2.45) is 12.8 Å². The molecule has 1 heterocycles. The highest BCUT2D eigenvalue weighted by Crippen LogP contribution is 2.00. The smallest absolute Gasteiger partial charge is 0.321 e. The highest BCUT2D eigenvalue weighted by Gasteiger charge is 2.17. The van der Waals surface area contributed by atoms with Crippen molar-refractivity contribution in [1.82, 2.24) is 14.9 Å². The number of hydrogen-bond donors (Lipinski definition) is 3. The van der Waals surface area contributed by atoms with Crippen molar-refractivity contribution in [1.29, 1.82) is 0 Å². The summed E-state index contributed by atoms with van der Waals surface area (Å²) in [4.78, 5) is 15.0. The zero-order chi connectivity index (χ0) is 11.3. The molecular weight excluding hydrogens is 196 g/mol. The molecule has 1 unspecified atom stereocenters. The number of aromatic nitrogens is 2. The predicted molar refractivity (Wildman–Crippen MR) is 55.4 cm³/mol. The van der Waals surface area contributed by atoms with Crippen molar-refractivity contribution in [3.05, 3.63) is 18.2 Å². The molecule has 0 fully saturated rings. The zero-order valence-electron chi connectivity index (χ0n) is 8.68. The third-order valence-electron chi connectivity index (χ3n) is 2.00. The number of imidazole rings is 1. The van der Waals surface area contributed by atoms with Crippen molar-refractivity contribution in [3.8, 4) is 0 Å². The topological polar surface area (TPSA) is 93.2 Å². The van der Waals surface area contributed by atoms with Crippen LogP contribution in [0.1, 0.15) is 5.69 Å². The first-order valence-corrected chi connectivity index (χ1v) is 4.76. The Morgan fingerprint density at radius 2 is 2.53 bits per heavy atom. The molecule has 0 spiro atoms. The number of carboxylic acids is 1. The first-order chi connectivity index (χ1) is 7.13. The molecule has 84 valence electrons. The summed E-state index contributed by atoms with van der Waals surface area (Å²) in [5, 5.41) is 11.8. The van der Waals surface area contributed by atoms with Gasteiger partial charge in [0.15, 0.2) is 0 Å². The van der Waals surface area contributed by atoms with E-state index in [1.165, 1.54) is 0 Å². The maximum Gasteiger partial charge on any atom is 0.321 e. The minimum absolute atomic E-state index is 0.371. The van der Waals surface area contributed by atoms with E-state index in [2.05, 4.69) is 10.3 Å². The fourth-order valence-corrected chi connectivity index (χ4v) is 1.29. The molecule has 0 radical (unpaired) electrons. The van der Waals surface area contributed by atoms with Crippen LogP contribution in [0, 0.1) is 0 Å². The predicted octanol–water partition coefficient (Wildman–Crippen LogP) is -1.04. The SMILES string of the molecule is Cn1cnc(CC(NCCN)C(=O)O)c1.